The van der Waals surface area contributed by atoms with Gasteiger partial charge in [-0.05, 0) is 0 Å². The highest BCUT2D eigenvalue weighted by Crippen LogP contribution is 2.24. The molecule has 0 saturated carbocycles. The second-order valence-electron chi connectivity index (χ2n) is 2.80. The van der Waals surface area contributed by atoms with E-state index in [1.54, 1.807) is 0 Å². The summed E-state index contributed by atoms with van der Waals surface area (Å²) < 4.78 is 85.6. The van der Waals surface area contributed by atoms with Crippen molar-refractivity contribution in [3.05, 3.63) is 29.3 Å². The molecule has 0 radical (unpaired) electrons. The third-order valence-corrected chi connectivity index (χ3v) is 1.61. The molecular formula is C8H2F7NO. The van der Waals surface area contributed by atoms with Crippen molar-refractivity contribution in [1.82, 2.24) is 0 Å². The van der Waals surface area contributed by atoms with E-state index in [1.807, 2.05) is 0 Å². The van der Waals surface area contributed by atoms with Gasteiger partial charge in [0.1, 0.15) is 0 Å². The number of halogens is 7. The van der Waals surface area contributed by atoms with Gasteiger partial charge in [-0.15, -0.1) is 0 Å². The SMILES string of the molecule is O=C(Nc1cc(F)c(F)c(F)c1F)C(F)(F)F. The van der Waals surface area contributed by atoms with Crippen LogP contribution in [0, 0.1) is 23.3 Å². The number of hydrogen-bond donors (Lipinski definition) is 1. The summed E-state index contributed by atoms with van der Waals surface area (Å²) in [5.41, 5.74) is -1.44. The summed E-state index contributed by atoms with van der Waals surface area (Å²) >= 11 is 0. The molecule has 0 heterocycles. The fourth-order valence-corrected chi connectivity index (χ4v) is 0.857. The molecular weight excluding hydrogens is 259 g/mol. The molecule has 1 amide bonds. The van der Waals surface area contributed by atoms with E-state index in [9.17, 15) is 35.5 Å². The Morgan fingerprint density at radius 3 is 2.00 bits per heavy atom. The van der Waals surface area contributed by atoms with E-state index in [4.69, 9.17) is 0 Å². The molecule has 0 fully saturated rings. The first-order chi connectivity index (χ1) is 7.64. The van der Waals surface area contributed by atoms with Crippen molar-refractivity contribution in [3.8, 4) is 0 Å². The van der Waals surface area contributed by atoms with Gasteiger partial charge in [-0.3, -0.25) is 4.79 Å². The van der Waals surface area contributed by atoms with Gasteiger partial charge in [-0.25, -0.2) is 17.6 Å². The molecule has 0 spiro atoms. The third-order valence-electron chi connectivity index (χ3n) is 1.61. The Bertz CT molecular complexity index is 468. The maximum atomic E-state index is 12.8. The zero-order valence-electron chi connectivity index (χ0n) is 7.63. The van der Waals surface area contributed by atoms with Crippen LogP contribution in [-0.4, -0.2) is 12.1 Å². The van der Waals surface area contributed by atoms with Crippen LogP contribution < -0.4 is 5.32 Å². The van der Waals surface area contributed by atoms with Crippen LogP contribution in [0.3, 0.4) is 0 Å². The highest BCUT2D eigenvalue weighted by molar-refractivity contribution is 5.95. The van der Waals surface area contributed by atoms with E-state index in [2.05, 4.69) is 0 Å². The topological polar surface area (TPSA) is 29.1 Å². The first kappa shape index (κ1) is 13.3. The number of alkyl halides is 3. The molecule has 0 atom stereocenters. The number of rotatable bonds is 1. The quantitative estimate of drug-likeness (QED) is 0.470. The monoisotopic (exact) mass is 261 g/mol. The molecule has 1 aromatic rings. The molecule has 17 heavy (non-hydrogen) atoms. The predicted octanol–water partition coefficient (Wildman–Crippen LogP) is 2.74. The number of carbonyl (C=O) groups excluding carboxylic acids is 1. The van der Waals surface area contributed by atoms with E-state index in [1.165, 1.54) is 0 Å². The molecule has 0 aliphatic carbocycles. The van der Waals surface area contributed by atoms with Gasteiger partial charge in [0.05, 0.1) is 5.69 Å². The van der Waals surface area contributed by atoms with Gasteiger partial charge >= 0.3 is 12.1 Å². The van der Waals surface area contributed by atoms with E-state index >= 15 is 0 Å². The van der Waals surface area contributed by atoms with Crippen molar-refractivity contribution >= 4 is 11.6 Å². The highest BCUT2D eigenvalue weighted by Gasteiger charge is 2.39. The average Bonchev–Trinajstić information content (AvgIpc) is 2.21. The number of benzene rings is 1. The van der Waals surface area contributed by atoms with Crippen LogP contribution in [-0.2, 0) is 4.79 Å². The molecule has 0 bridgehead atoms. The largest absolute Gasteiger partial charge is 0.471 e. The van der Waals surface area contributed by atoms with Gasteiger partial charge in [0.25, 0.3) is 0 Å². The van der Waals surface area contributed by atoms with Gasteiger partial charge in [0.15, 0.2) is 23.3 Å². The second kappa shape index (κ2) is 4.22. The Labute approximate surface area is 89.0 Å². The lowest BCUT2D eigenvalue weighted by Crippen LogP contribution is -2.30. The van der Waals surface area contributed by atoms with E-state index in [-0.39, 0.29) is 6.07 Å². The fraction of sp³-hybridized carbons (Fsp3) is 0.125. The molecule has 0 aromatic heterocycles. The van der Waals surface area contributed by atoms with Gasteiger partial charge < -0.3 is 5.32 Å². The number of hydrogen-bond acceptors (Lipinski definition) is 1. The Kier molecular flexibility index (Phi) is 3.30. The van der Waals surface area contributed by atoms with Crippen molar-refractivity contribution in [2.75, 3.05) is 5.32 Å². The van der Waals surface area contributed by atoms with E-state index < -0.39 is 41.0 Å². The van der Waals surface area contributed by atoms with Crippen LogP contribution in [0.1, 0.15) is 0 Å². The maximum Gasteiger partial charge on any atom is 0.471 e. The minimum atomic E-state index is -5.37. The third kappa shape index (κ3) is 2.66. The number of amides is 1. The van der Waals surface area contributed by atoms with Gasteiger partial charge in [0.2, 0.25) is 0 Å². The van der Waals surface area contributed by atoms with Crippen LogP contribution in [0.5, 0.6) is 0 Å². The summed E-state index contributed by atoms with van der Waals surface area (Å²) in [6, 6.07) is -0.0998. The summed E-state index contributed by atoms with van der Waals surface area (Å²) in [5.74, 6) is -11.2. The first-order valence-corrected chi connectivity index (χ1v) is 3.85. The Hall–Kier alpha value is -1.80. The number of carbonyl (C=O) groups is 1. The van der Waals surface area contributed by atoms with Gasteiger partial charge in [-0.1, -0.05) is 0 Å². The zero-order chi connectivity index (χ0) is 13.4. The van der Waals surface area contributed by atoms with Crippen molar-refractivity contribution in [2.45, 2.75) is 6.18 Å². The fourth-order valence-electron chi connectivity index (χ4n) is 0.857. The smallest absolute Gasteiger partial charge is 0.316 e. The van der Waals surface area contributed by atoms with Gasteiger partial charge in [0, 0.05) is 6.07 Å². The zero-order valence-corrected chi connectivity index (χ0v) is 7.63. The minimum Gasteiger partial charge on any atom is -0.316 e. The maximum absolute atomic E-state index is 12.8. The molecule has 1 rings (SSSR count). The predicted molar refractivity (Wildman–Crippen MR) is 41.0 cm³/mol. The molecule has 0 aliphatic heterocycles. The van der Waals surface area contributed by atoms with Gasteiger partial charge in [-0.2, -0.15) is 13.2 Å². The molecule has 2 nitrogen and oxygen atoms in total. The van der Waals surface area contributed by atoms with Crippen molar-refractivity contribution in [1.29, 1.82) is 0 Å². The molecule has 0 aliphatic rings. The Morgan fingerprint density at radius 1 is 1.00 bits per heavy atom. The molecule has 0 unspecified atom stereocenters. The Morgan fingerprint density at radius 2 is 1.53 bits per heavy atom. The van der Waals surface area contributed by atoms with Crippen molar-refractivity contribution < 1.29 is 35.5 Å². The van der Waals surface area contributed by atoms with Crippen molar-refractivity contribution in [3.63, 3.8) is 0 Å². The van der Waals surface area contributed by atoms with E-state index in [0.29, 0.717) is 0 Å². The summed E-state index contributed by atoms with van der Waals surface area (Å²) in [7, 11) is 0. The summed E-state index contributed by atoms with van der Waals surface area (Å²) in [6.45, 7) is 0. The number of nitrogens with one attached hydrogen (secondary N) is 1. The van der Waals surface area contributed by atoms with Crippen LogP contribution in [0.15, 0.2) is 6.07 Å². The average molecular weight is 261 g/mol. The molecule has 9 heteroatoms. The van der Waals surface area contributed by atoms with Crippen LogP contribution >= 0.6 is 0 Å². The second-order valence-corrected chi connectivity index (χ2v) is 2.80. The van der Waals surface area contributed by atoms with Crippen LogP contribution in [0.25, 0.3) is 0 Å². The number of anilines is 1. The summed E-state index contributed by atoms with van der Waals surface area (Å²) in [5, 5.41) is 0.873. The molecule has 1 aromatic carbocycles. The molecule has 94 valence electrons. The molecule has 1 N–H and O–H groups in total. The molecule has 0 saturated heterocycles. The summed E-state index contributed by atoms with van der Waals surface area (Å²) in [4.78, 5) is 10.4. The normalized spacial score (nSPS) is 11.5. The lowest BCUT2D eigenvalue weighted by molar-refractivity contribution is -0.167. The van der Waals surface area contributed by atoms with Crippen LogP contribution in [0.4, 0.5) is 36.4 Å². The van der Waals surface area contributed by atoms with Crippen molar-refractivity contribution in [2.24, 2.45) is 0 Å². The van der Waals surface area contributed by atoms with Crippen LogP contribution in [0.2, 0.25) is 0 Å². The first-order valence-electron chi connectivity index (χ1n) is 3.85. The lowest BCUT2D eigenvalue weighted by Gasteiger charge is -2.09. The summed E-state index contributed by atoms with van der Waals surface area (Å²) in [6.07, 6.45) is -5.37. The van der Waals surface area contributed by atoms with E-state index in [0.717, 1.165) is 5.32 Å². The Balaban J connectivity index is 3.13. The highest BCUT2D eigenvalue weighted by atomic mass is 19.4. The lowest BCUT2D eigenvalue weighted by atomic mass is 10.2. The standard InChI is InChI=1S/C8H2F7NO/c9-2-1-3(5(11)6(12)4(2)10)16-7(17)8(13,14)15/h1H,(H,16,17). The minimum absolute atomic E-state index is 0.0998.